The number of carbonyl (C=O) groups is 1. The molecule has 1 atom stereocenters. The number of terminal acetylenes is 1. The third-order valence-electron chi connectivity index (χ3n) is 4.22. The summed E-state index contributed by atoms with van der Waals surface area (Å²) in [7, 11) is 0. The Morgan fingerprint density at radius 2 is 2.30 bits per heavy atom. The fourth-order valence-electron chi connectivity index (χ4n) is 3.04. The van der Waals surface area contributed by atoms with Gasteiger partial charge in [-0.15, -0.1) is 6.42 Å². The molecular formula is C19H19FN4O2S. The minimum Gasteiger partial charge on any atom is -0.390 e. The van der Waals surface area contributed by atoms with Gasteiger partial charge in [0.15, 0.2) is 5.82 Å². The Kier molecular flexibility index (Phi) is 6.27. The van der Waals surface area contributed by atoms with Crippen molar-refractivity contribution in [1.29, 1.82) is 0 Å². The Balaban J connectivity index is 2.16. The molecule has 1 aromatic heterocycles. The van der Waals surface area contributed by atoms with Gasteiger partial charge < -0.3 is 10.5 Å². The van der Waals surface area contributed by atoms with E-state index in [-0.39, 0.29) is 22.7 Å². The van der Waals surface area contributed by atoms with Gasteiger partial charge in [0.1, 0.15) is 5.82 Å². The molecule has 1 fully saturated rings. The number of nitrogens with two attached hydrogens (primary N) is 1. The van der Waals surface area contributed by atoms with E-state index in [0.717, 1.165) is 30.9 Å². The molecule has 1 saturated heterocycles. The van der Waals surface area contributed by atoms with Crippen molar-refractivity contribution in [3.63, 3.8) is 0 Å². The van der Waals surface area contributed by atoms with E-state index in [1.807, 2.05) is 0 Å². The third kappa shape index (κ3) is 4.21. The number of nitrogens with zero attached hydrogens (tertiary/aromatic N) is 3. The molecule has 1 aromatic carbocycles. The van der Waals surface area contributed by atoms with Crippen LogP contribution in [0.25, 0.3) is 11.1 Å². The van der Waals surface area contributed by atoms with Gasteiger partial charge in [0.2, 0.25) is 0 Å². The molecule has 0 saturated carbocycles. The molecule has 140 valence electrons. The summed E-state index contributed by atoms with van der Waals surface area (Å²) in [6.07, 6.45) is 8.14. The lowest BCUT2D eigenvalue weighted by molar-refractivity contribution is 0.0793. The highest BCUT2D eigenvalue weighted by Crippen LogP contribution is 2.40. The molecule has 0 aliphatic carbocycles. The number of hydrogen-bond acceptors (Lipinski definition) is 5. The Labute approximate surface area is 161 Å². The Bertz CT molecular complexity index is 880. The lowest BCUT2D eigenvalue weighted by Crippen LogP contribution is -2.17. The number of rotatable bonds is 4. The second-order valence-electron chi connectivity index (χ2n) is 5.95. The van der Waals surface area contributed by atoms with Gasteiger partial charge >= 0.3 is 5.24 Å². The van der Waals surface area contributed by atoms with Crippen molar-refractivity contribution in [2.45, 2.75) is 18.8 Å². The van der Waals surface area contributed by atoms with Crippen molar-refractivity contribution in [2.24, 2.45) is 10.7 Å². The van der Waals surface area contributed by atoms with Crippen LogP contribution < -0.4 is 5.73 Å². The van der Waals surface area contributed by atoms with Crippen molar-refractivity contribution in [2.75, 3.05) is 19.0 Å². The maximum Gasteiger partial charge on any atom is 0.308 e. The number of ether oxygens (including phenoxy) is 1. The summed E-state index contributed by atoms with van der Waals surface area (Å²) in [5, 5.41) is 4.19. The third-order valence-corrected chi connectivity index (χ3v) is 4.95. The van der Waals surface area contributed by atoms with E-state index in [0.29, 0.717) is 35.9 Å². The van der Waals surface area contributed by atoms with Gasteiger partial charge in [-0.05, 0) is 42.3 Å². The fraction of sp³-hybridized carbons (Fsp3) is 0.316. The zero-order valence-electron chi connectivity index (χ0n) is 14.6. The maximum atomic E-state index is 13.4. The van der Waals surface area contributed by atoms with E-state index in [9.17, 15) is 9.18 Å². The Morgan fingerprint density at radius 1 is 1.52 bits per heavy atom. The first-order chi connectivity index (χ1) is 13.2. The van der Waals surface area contributed by atoms with E-state index >= 15 is 0 Å². The Morgan fingerprint density at radius 3 is 2.93 bits per heavy atom. The number of halogens is 1. The second kappa shape index (κ2) is 8.84. The fourth-order valence-corrected chi connectivity index (χ4v) is 3.50. The van der Waals surface area contributed by atoms with Crippen LogP contribution in [0.4, 0.5) is 15.0 Å². The quantitative estimate of drug-likeness (QED) is 0.494. The molecule has 27 heavy (non-hydrogen) atoms. The highest BCUT2D eigenvalue weighted by atomic mass is 32.2. The van der Waals surface area contributed by atoms with E-state index in [1.165, 1.54) is 16.8 Å². The summed E-state index contributed by atoms with van der Waals surface area (Å²) in [6.45, 7) is 1.20. The number of thioether (sulfide) groups is 1. The van der Waals surface area contributed by atoms with Crippen LogP contribution in [0, 0.1) is 18.2 Å². The molecule has 2 aromatic rings. The van der Waals surface area contributed by atoms with Crippen LogP contribution in [-0.2, 0) is 4.74 Å². The monoisotopic (exact) mass is 386 g/mol. The summed E-state index contributed by atoms with van der Waals surface area (Å²) >= 11 is 0.955. The molecular weight excluding hydrogens is 367 g/mol. The number of aromatic nitrogens is 2. The molecule has 8 heteroatoms. The molecule has 0 radical (unpaired) electrons. The number of benzene rings is 1. The van der Waals surface area contributed by atoms with Crippen molar-refractivity contribution >= 4 is 29.2 Å². The zero-order chi connectivity index (χ0) is 19.2. The summed E-state index contributed by atoms with van der Waals surface area (Å²) in [4.78, 5) is 16.8. The highest BCUT2D eigenvalue weighted by Gasteiger charge is 2.29. The minimum atomic E-state index is -0.349. The van der Waals surface area contributed by atoms with E-state index in [1.54, 1.807) is 12.1 Å². The van der Waals surface area contributed by atoms with E-state index in [2.05, 4.69) is 16.0 Å². The molecule has 1 aliphatic rings. The minimum absolute atomic E-state index is 0.0113. The molecule has 2 heterocycles. The molecule has 0 amide bonds. The molecule has 1 unspecified atom stereocenters. The molecule has 0 bridgehead atoms. The van der Waals surface area contributed by atoms with Crippen LogP contribution in [0.1, 0.15) is 24.5 Å². The van der Waals surface area contributed by atoms with Crippen molar-refractivity contribution in [1.82, 2.24) is 9.78 Å². The number of aliphatic imine (C=N–C) groups is 1. The maximum absolute atomic E-state index is 13.4. The number of carbonyl (C=O) groups excluding carboxylic acids is 1. The smallest absolute Gasteiger partial charge is 0.308 e. The van der Waals surface area contributed by atoms with Crippen LogP contribution in [0.2, 0.25) is 0 Å². The predicted molar refractivity (Wildman–Crippen MR) is 105 cm³/mol. The van der Waals surface area contributed by atoms with Gasteiger partial charge in [-0.25, -0.2) is 9.38 Å². The average Bonchev–Trinajstić information content (AvgIpc) is 3.07. The second-order valence-corrected chi connectivity index (χ2v) is 6.88. The molecule has 3 rings (SSSR count). The van der Waals surface area contributed by atoms with Gasteiger partial charge in [0.25, 0.3) is 0 Å². The first kappa shape index (κ1) is 19.1. The van der Waals surface area contributed by atoms with Crippen molar-refractivity contribution in [3.05, 3.63) is 35.8 Å². The van der Waals surface area contributed by atoms with Crippen LogP contribution >= 0.6 is 11.8 Å². The first-order valence-electron chi connectivity index (χ1n) is 8.47. The van der Waals surface area contributed by atoms with Crippen LogP contribution in [0.15, 0.2) is 29.3 Å². The summed E-state index contributed by atoms with van der Waals surface area (Å²) in [5.41, 5.74) is 7.57. The molecule has 6 nitrogen and oxygen atoms in total. The topological polar surface area (TPSA) is 82.5 Å². The Hall–Kier alpha value is -2.63. The lowest BCUT2D eigenvalue weighted by atomic mass is 9.92. The summed E-state index contributed by atoms with van der Waals surface area (Å²) in [5.74, 6) is 2.61. The van der Waals surface area contributed by atoms with E-state index < -0.39 is 0 Å². The van der Waals surface area contributed by atoms with Crippen LogP contribution in [-0.4, -0.2) is 40.3 Å². The predicted octanol–water partition coefficient (Wildman–Crippen LogP) is 3.54. The van der Waals surface area contributed by atoms with Crippen molar-refractivity contribution in [3.8, 4) is 23.5 Å². The highest BCUT2D eigenvalue weighted by molar-refractivity contribution is 8.13. The zero-order valence-corrected chi connectivity index (χ0v) is 15.4. The standard InChI is InChI=1S/C19H19FN4O2S/c1-2-10-27-19(25)24-18(22-12-21)16(13-5-7-15(20)8-6-13)17(23-24)14-4-3-9-26-11-14/h1,5-8,12,14H,3-4,9-11H2,(H2,21,22). The summed E-state index contributed by atoms with van der Waals surface area (Å²) < 4.78 is 20.2. The molecule has 1 aliphatic heterocycles. The normalized spacial score (nSPS) is 17.1. The SMILES string of the molecule is C#CCSC(=O)n1nc(C2CCCOC2)c(-c2ccc(F)cc2)c1/N=C\N. The van der Waals surface area contributed by atoms with Gasteiger partial charge in [0.05, 0.1) is 30.0 Å². The van der Waals surface area contributed by atoms with Gasteiger partial charge in [-0.2, -0.15) is 9.78 Å². The number of hydrogen-bond donors (Lipinski definition) is 1. The van der Waals surface area contributed by atoms with Gasteiger partial charge in [0, 0.05) is 12.5 Å². The first-order valence-corrected chi connectivity index (χ1v) is 9.45. The largest absolute Gasteiger partial charge is 0.390 e. The van der Waals surface area contributed by atoms with E-state index in [4.69, 9.17) is 16.9 Å². The average molecular weight is 386 g/mol. The van der Waals surface area contributed by atoms with Gasteiger partial charge in [-0.1, -0.05) is 18.1 Å². The summed E-state index contributed by atoms with van der Waals surface area (Å²) in [6, 6.07) is 5.99. The van der Waals surface area contributed by atoms with Crippen molar-refractivity contribution < 1.29 is 13.9 Å². The van der Waals surface area contributed by atoms with Gasteiger partial charge in [-0.3, -0.25) is 4.79 Å². The van der Waals surface area contributed by atoms with Crippen LogP contribution in [0.5, 0.6) is 0 Å². The lowest BCUT2D eigenvalue weighted by Gasteiger charge is -2.21. The van der Waals surface area contributed by atoms with Crippen LogP contribution in [0.3, 0.4) is 0 Å². The molecule has 2 N–H and O–H groups in total. The molecule has 0 spiro atoms.